The van der Waals surface area contributed by atoms with Crippen LogP contribution in [0.5, 0.6) is 5.75 Å². The van der Waals surface area contributed by atoms with Crippen molar-refractivity contribution in [2.75, 3.05) is 5.75 Å². The van der Waals surface area contributed by atoms with E-state index in [2.05, 4.69) is 28.6 Å². The Morgan fingerprint density at radius 2 is 2.05 bits per heavy atom. The monoisotopic (exact) mass is 341 g/mol. The molecule has 0 unspecified atom stereocenters. The number of rotatable bonds is 3. The molecule has 0 saturated heterocycles. The van der Waals surface area contributed by atoms with E-state index in [1.807, 2.05) is 24.3 Å². The average molecular weight is 342 g/mol. The molecule has 0 bridgehead atoms. The Hall–Kier alpha value is -0.450. The van der Waals surface area contributed by atoms with E-state index >= 15 is 0 Å². The van der Waals surface area contributed by atoms with Crippen molar-refractivity contribution in [2.24, 2.45) is 11.8 Å². The van der Waals surface area contributed by atoms with E-state index in [9.17, 15) is 10.2 Å². The normalized spacial score (nSPS) is 30.5. The minimum atomic E-state index is -0.503. The van der Waals surface area contributed by atoms with Crippen LogP contribution in [0.1, 0.15) is 24.3 Å². The van der Waals surface area contributed by atoms with Gasteiger partial charge in [0.2, 0.25) is 0 Å². The van der Waals surface area contributed by atoms with Gasteiger partial charge in [0.05, 0.1) is 10.6 Å². The van der Waals surface area contributed by atoms with E-state index in [4.69, 9.17) is 0 Å². The molecular weight excluding hydrogens is 324 g/mol. The molecule has 4 heteroatoms. The minimum absolute atomic E-state index is 0.0504. The van der Waals surface area contributed by atoms with Crippen LogP contribution < -0.4 is 0 Å². The van der Waals surface area contributed by atoms with Crippen LogP contribution in [0.2, 0.25) is 0 Å². The van der Waals surface area contributed by atoms with Crippen LogP contribution in [0.25, 0.3) is 0 Å². The van der Waals surface area contributed by atoms with Crippen LogP contribution in [0, 0.1) is 11.8 Å². The Bertz CT molecular complexity index is 525. The fourth-order valence-corrected chi connectivity index (χ4v) is 4.04. The fraction of sp³-hybridized carbons (Fsp3) is 0.467. The lowest BCUT2D eigenvalue weighted by Gasteiger charge is -2.23. The molecule has 3 atom stereocenters. The summed E-state index contributed by atoms with van der Waals surface area (Å²) >= 11 is 6.98. The summed E-state index contributed by atoms with van der Waals surface area (Å²) < 4.78 is 0.685. The molecule has 1 aromatic carbocycles. The van der Waals surface area contributed by atoms with Gasteiger partial charge in [-0.25, -0.2) is 0 Å². The maximum atomic E-state index is 10.4. The Balaban J connectivity index is 1.98. The average Bonchev–Trinajstić information content (AvgIpc) is 3.17. The zero-order chi connectivity index (χ0) is 13.6. The van der Waals surface area contributed by atoms with Gasteiger partial charge in [-0.2, -0.15) is 0 Å². The van der Waals surface area contributed by atoms with Crippen molar-refractivity contribution in [1.29, 1.82) is 0 Å². The molecule has 19 heavy (non-hydrogen) atoms. The Morgan fingerprint density at radius 3 is 2.68 bits per heavy atom. The number of benzene rings is 1. The highest BCUT2D eigenvalue weighted by Gasteiger charge is 2.44. The molecule has 2 nitrogen and oxygen atoms in total. The number of phenolic OH excluding ortho intramolecular Hbond substituents is 1. The lowest BCUT2D eigenvalue weighted by molar-refractivity contribution is 0.184. The summed E-state index contributed by atoms with van der Waals surface area (Å²) in [5.41, 5.74) is 2.20. The topological polar surface area (TPSA) is 40.5 Å². The maximum absolute atomic E-state index is 10.4. The predicted molar refractivity (Wildman–Crippen MR) is 83.9 cm³/mol. The van der Waals surface area contributed by atoms with Crippen molar-refractivity contribution in [3.63, 3.8) is 0 Å². The highest BCUT2D eigenvalue weighted by atomic mass is 79.9. The molecule has 2 aliphatic carbocycles. The van der Waals surface area contributed by atoms with E-state index in [1.54, 1.807) is 0 Å². The van der Waals surface area contributed by atoms with Gasteiger partial charge in [0, 0.05) is 17.4 Å². The third-order valence-corrected chi connectivity index (χ3v) is 5.32. The molecular formula is C15H18BrO2S+. The standard InChI is InChI=1S/C15H17BrO2S/c16-12-3-1-2-9(15(12)18)14-11(7-19)10(6-13(14)17)8-4-5-8/h1-3,6,8,11,13-14,17-19H,4-5,7H2/p+1/t11-,13+,14+/m1/s1. The quantitative estimate of drug-likeness (QED) is 0.655. The first-order chi connectivity index (χ1) is 9.13. The molecule has 0 aliphatic heterocycles. The van der Waals surface area contributed by atoms with Crippen LogP contribution in [-0.4, -0.2) is 22.1 Å². The van der Waals surface area contributed by atoms with Crippen molar-refractivity contribution in [3.8, 4) is 5.75 Å². The van der Waals surface area contributed by atoms with Crippen molar-refractivity contribution in [3.05, 3.63) is 39.9 Å². The SMILES string of the molecule is Oc1c(Br)cccc1[C@H]1[C@H](C[SH2+])C(C2CC2)=C[C@@H]1O. The molecule has 0 radical (unpaired) electrons. The number of aromatic hydroxyl groups is 1. The van der Waals surface area contributed by atoms with Crippen LogP contribution in [-0.2, 0) is 12.6 Å². The second kappa shape index (κ2) is 5.15. The Morgan fingerprint density at radius 1 is 1.32 bits per heavy atom. The summed E-state index contributed by atoms with van der Waals surface area (Å²) in [6.07, 6.45) is 3.97. The van der Waals surface area contributed by atoms with E-state index in [0.717, 1.165) is 11.3 Å². The van der Waals surface area contributed by atoms with E-state index in [0.29, 0.717) is 10.4 Å². The smallest absolute Gasteiger partial charge is 0.133 e. The number of hydrogen-bond acceptors (Lipinski definition) is 2. The van der Waals surface area contributed by atoms with Crippen LogP contribution in [0.15, 0.2) is 34.3 Å². The zero-order valence-corrected chi connectivity index (χ0v) is 13.1. The number of aliphatic hydroxyl groups is 1. The van der Waals surface area contributed by atoms with Crippen molar-refractivity contribution >= 4 is 28.6 Å². The number of para-hydroxylation sites is 1. The third-order valence-electron chi connectivity index (χ3n) is 4.24. The number of phenols is 1. The van der Waals surface area contributed by atoms with Crippen molar-refractivity contribution in [1.82, 2.24) is 0 Å². The summed E-state index contributed by atoms with van der Waals surface area (Å²) in [5.74, 6) is 1.94. The fourth-order valence-electron chi connectivity index (χ4n) is 3.17. The molecule has 2 N–H and O–H groups in total. The van der Waals surface area contributed by atoms with Gasteiger partial charge < -0.3 is 10.2 Å². The summed E-state index contributed by atoms with van der Waals surface area (Å²) in [4.78, 5) is 0. The lowest BCUT2D eigenvalue weighted by Crippen LogP contribution is -2.21. The van der Waals surface area contributed by atoms with Crippen LogP contribution in [0.4, 0.5) is 0 Å². The number of hydrogen-bond donors (Lipinski definition) is 2. The van der Waals surface area contributed by atoms with Gasteiger partial charge in [-0.1, -0.05) is 23.8 Å². The van der Waals surface area contributed by atoms with Gasteiger partial charge in [0.25, 0.3) is 0 Å². The van der Waals surface area contributed by atoms with Crippen LogP contribution >= 0.6 is 15.9 Å². The molecule has 1 aromatic rings. The lowest BCUT2D eigenvalue weighted by atomic mass is 9.84. The largest absolute Gasteiger partial charge is 0.506 e. The first-order valence-electron chi connectivity index (χ1n) is 6.65. The van der Waals surface area contributed by atoms with Gasteiger partial charge in [-0.3, -0.25) is 0 Å². The van der Waals surface area contributed by atoms with Gasteiger partial charge in [-0.15, -0.1) is 0 Å². The highest BCUT2D eigenvalue weighted by Crippen LogP contribution is 2.51. The molecule has 1 fully saturated rings. The third kappa shape index (κ3) is 2.34. The highest BCUT2D eigenvalue weighted by molar-refractivity contribution is 9.10. The summed E-state index contributed by atoms with van der Waals surface area (Å²) in [5, 5.41) is 20.6. The second-order valence-corrected chi connectivity index (χ2v) is 6.71. The summed E-state index contributed by atoms with van der Waals surface area (Å²) in [7, 11) is 0. The van der Waals surface area contributed by atoms with Crippen molar-refractivity contribution < 1.29 is 10.2 Å². The first-order valence-corrected chi connectivity index (χ1v) is 8.15. The van der Waals surface area contributed by atoms with Gasteiger partial charge in [0.15, 0.2) is 0 Å². The predicted octanol–water partition coefficient (Wildman–Crippen LogP) is 2.58. The summed E-state index contributed by atoms with van der Waals surface area (Å²) in [6, 6.07) is 5.64. The molecule has 0 amide bonds. The molecule has 3 rings (SSSR count). The molecule has 0 spiro atoms. The Kier molecular flexibility index (Phi) is 3.67. The molecule has 2 aliphatic rings. The van der Waals surface area contributed by atoms with Crippen molar-refractivity contribution in [2.45, 2.75) is 24.9 Å². The van der Waals surface area contributed by atoms with E-state index < -0.39 is 6.10 Å². The van der Waals surface area contributed by atoms with Crippen LogP contribution in [0.3, 0.4) is 0 Å². The number of allylic oxidation sites excluding steroid dienone is 1. The number of aliphatic hydroxyl groups excluding tert-OH is 1. The molecule has 0 heterocycles. The maximum Gasteiger partial charge on any atom is 0.133 e. The van der Waals surface area contributed by atoms with E-state index in [-0.39, 0.29) is 17.6 Å². The van der Waals surface area contributed by atoms with Gasteiger partial charge in [-0.05, 0) is 53.4 Å². The minimum Gasteiger partial charge on any atom is -0.506 e. The zero-order valence-electron chi connectivity index (χ0n) is 10.5. The molecule has 1 saturated carbocycles. The van der Waals surface area contributed by atoms with E-state index in [1.165, 1.54) is 18.4 Å². The second-order valence-electron chi connectivity index (χ2n) is 5.45. The molecule has 0 aromatic heterocycles. The molecule has 102 valence electrons. The number of halogens is 1. The first kappa shape index (κ1) is 13.5. The Labute approximate surface area is 127 Å². The van der Waals surface area contributed by atoms with Gasteiger partial charge in [0.1, 0.15) is 11.5 Å². The van der Waals surface area contributed by atoms with Gasteiger partial charge >= 0.3 is 0 Å². The summed E-state index contributed by atoms with van der Waals surface area (Å²) in [6.45, 7) is 0.